The van der Waals surface area contributed by atoms with E-state index in [1.807, 2.05) is 38.2 Å². The van der Waals surface area contributed by atoms with Crippen molar-refractivity contribution in [1.82, 2.24) is 24.9 Å². The highest BCUT2D eigenvalue weighted by molar-refractivity contribution is 7.18. The molecule has 2 aromatic heterocycles. The number of aliphatic hydroxyl groups is 1. The lowest BCUT2D eigenvalue weighted by atomic mass is 10.0. The Morgan fingerprint density at radius 2 is 2.13 bits per heavy atom. The van der Waals surface area contributed by atoms with Crippen LogP contribution in [-0.2, 0) is 4.79 Å². The molecule has 1 N–H and O–H groups in total. The summed E-state index contributed by atoms with van der Waals surface area (Å²) in [5.74, 6) is 0.479. The van der Waals surface area contributed by atoms with Crippen LogP contribution in [0, 0.1) is 5.92 Å². The Labute approximate surface area is 183 Å². The molecule has 0 radical (unpaired) electrons. The molecule has 3 aromatic rings. The molecule has 3 atom stereocenters. The van der Waals surface area contributed by atoms with Crippen molar-refractivity contribution in [2.75, 3.05) is 6.54 Å². The largest absolute Gasteiger partial charge is 0.391 e. The topological polar surface area (TPSA) is 84.1 Å². The van der Waals surface area contributed by atoms with Gasteiger partial charge in [-0.3, -0.25) is 4.79 Å². The second kappa shape index (κ2) is 7.59. The minimum Gasteiger partial charge on any atom is -0.391 e. The normalized spacial score (nSPS) is 22.9. The van der Waals surface area contributed by atoms with Crippen molar-refractivity contribution in [2.24, 2.45) is 5.92 Å². The van der Waals surface area contributed by atoms with Gasteiger partial charge in [-0.05, 0) is 37.0 Å². The lowest BCUT2D eigenvalue weighted by molar-refractivity contribution is -0.137. The first-order valence-electron chi connectivity index (χ1n) is 10.4. The zero-order valence-corrected chi connectivity index (χ0v) is 18.5. The number of likely N-dealkylation sites (tertiary alicyclic amines) is 1. The summed E-state index contributed by atoms with van der Waals surface area (Å²) in [6.07, 6.45) is 4.11. The van der Waals surface area contributed by atoms with E-state index in [0.717, 1.165) is 33.8 Å². The molecule has 0 spiro atoms. The first-order valence-corrected chi connectivity index (χ1v) is 11.6. The van der Waals surface area contributed by atoms with E-state index in [1.54, 1.807) is 9.58 Å². The van der Waals surface area contributed by atoms with Gasteiger partial charge in [0.2, 0.25) is 5.91 Å². The van der Waals surface area contributed by atoms with Gasteiger partial charge in [-0.2, -0.15) is 0 Å². The van der Waals surface area contributed by atoms with Crippen LogP contribution in [0.3, 0.4) is 0 Å². The molecular formula is C21H24ClN5O2S. The molecule has 1 aromatic carbocycles. The maximum Gasteiger partial charge on any atom is 0.248 e. The number of β-amino-alcohol motifs (C(OH)–C–C–N with tert-alkyl or cyclic N) is 1. The molecule has 1 aliphatic heterocycles. The van der Waals surface area contributed by atoms with E-state index in [9.17, 15) is 9.90 Å². The van der Waals surface area contributed by atoms with Gasteiger partial charge in [-0.15, -0.1) is 16.4 Å². The van der Waals surface area contributed by atoms with E-state index >= 15 is 0 Å². The Bertz CT molecular complexity index is 1090. The Kier molecular flexibility index (Phi) is 5.03. The molecule has 1 saturated heterocycles. The van der Waals surface area contributed by atoms with Gasteiger partial charge in [0.15, 0.2) is 0 Å². The number of thiazole rings is 1. The third-order valence-corrected chi connectivity index (χ3v) is 7.26. The van der Waals surface area contributed by atoms with Crippen molar-refractivity contribution in [3.63, 3.8) is 0 Å². The van der Waals surface area contributed by atoms with E-state index in [4.69, 9.17) is 16.6 Å². The third-order valence-electron chi connectivity index (χ3n) is 5.91. The molecule has 2 fully saturated rings. The van der Waals surface area contributed by atoms with E-state index in [0.29, 0.717) is 23.9 Å². The lowest BCUT2D eigenvalue weighted by Gasteiger charge is -2.29. The van der Waals surface area contributed by atoms with Gasteiger partial charge in [0.05, 0.1) is 28.1 Å². The van der Waals surface area contributed by atoms with Gasteiger partial charge in [-0.1, -0.05) is 30.7 Å². The highest BCUT2D eigenvalue weighted by atomic mass is 35.5. The standard InChI is InChI=1S/C21H24ClN5O2S/c1-11(2)19(27-10-16(24-25-27)12-3-4-12)21(29)26-9-14(28)8-17(26)20-23-15-6-5-13(22)7-18(15)30-20/h5-7,10-12,14,17,19,28H,3-4,8-9H2,1-2H3/t14-,17+,19+/m1/s1. The molecule has 1 saturated carbocycles. The van der Waals surface area contributed by atoms with E-state index in [2.05, 4.69) is 10.3 Å². The Morgan fingerprint density at radius 3 is 2.87 bits per heavy atom. The first kappa shape index (κ1) is 19.9. The maximum atomic E-state index is 13.7. The zero-order chi connectivity index (χ0) is 21.0. The van der Waals surface area contributed by atoms with E-state index < -0.39 is 12.1 Å². The summed E-state index contributed by atoms with van der Waals surface area (Å²) in [6, 6.07) is 4.89. The molecule has 9 heteroatoms. The molecule has 0 unspecified atom stereocenters. The zero-order valence-electron chi connectivity index (χ0n) is 16.9. The monoisotopic (exact) mass is 445 g/mol. The quantitative estimate of drug-likeness (QED) is 0.642. The fourth-order valence-electron chi connectivity index (χ4n) is 4.22. The average Bonchev–Trinajstić information content (AvgIpc) is 3.10. The van der Waals surface area contributed by atoms with Crippen LogP contribution in [0.1, 0.15) is 61.8 Å². The molecule has 30 heavy (non-hydrogen) atoms. The van der Waals surface area contributed by atoms with Crippen molar-refractivity contribution in [3.05, 3.63) is 40.1 Å². The number of amides is 1. The summed E-state index contributed by atoms with van der Waals surface area (Å²) in [7, 11) is 0. The van der Waals surface area contributed by atoms with Crippen molar-refractivity contribution >= 4 is 39.1 Å². The number of carbonyl (C=O) groups is 1. The highest BCUT2D eigenvalue weighted by Gasteiger charge is 2.41. The Morgan fingerprint density at radius 1 is 1.33 bits per heavy atom. The number of rotatable bonds is 5. The van der Waals surface area contributed by atoms with Crippen LogP contribution in [0.15, 0.2) is 24.4 Å². The van der Waals surface area contributed by atoms with Gasteiger partial charge in [0.25, 0.3) is 0 Å². The number of hydrogen-bond donors (Lipinski definition) is 1. The fraction of sp³-hybridized carbons (Fsp3) is 0.524. The number of hydrogen-bond acceptors (Lipinski definition) is 6. The summed E-state index contributed by atoms with van der Waals surface area (Å²) in [5.41, 5.74) is 1.83. The summed E-state index contributed by atoms with van der Waals surface area (Å²) in [4.78, 5) is 20.2. The van der Waals surface area contributed by atoms with E-state index in [-0.39, 0.29) is 17.9 Å². The van der Waals surface area contributed by atoms with Crippen LogP contribution in [0.4, 0.5) is 0 Å². The average molecular weight is 446 g/mol. The number of carbonyl (C=O) groups excluding carboxylic acids is 1. The minimum absolute atomic E-state index is 0.0406. The third kappa shape index (κ3) is 3.61. The van der Waals surface area contributed by atoms with Crippen molar-refractivity contribution in [2.45, 2.75) is 57.2 Å². The van der Waals surface area contributed by atoms with Crippen LogP contribution in [0.5, 0.6) is 0 Å². The molecule has 0 bridgehead atoms. The molecular weight excluding hydrogens is 422 g/mol. The molecule has 1 amide bonds. The smallest absolute Gasteiger partial charge is 0.248 e. The van der Waals surface area contributed by atoms with Gasteiger partial charge in [0.1, 0.15) is 11.0 Å². The number of fused-ring (bicyclic) bond motifs is 1. The van der Waals surface area contributed by atoms with Gasteiger partial charge >= 0.3 is 0 Å². The fourth-order valence-corrected chi connectivity index (χ4v) is 5.59. The van der Waals surface area contributed by atoms with Crippen LogP contribution in [-0.4, -0.2) is 48.5 Å². The second-order valence-electron chi connectivity index (χ2n) is 8.65. The number of nitrogens with zero attached hydrogens (tertiary/aromatic N) is 5. The van der Waals surface area contributed by atoms with Gasteiger partial charge in [-0.25, -0.2) is 9.67 Å². The number of halogens is 1. The lowest BCUT2D eigenvalue weighted by Crippen LogP contribution is -2.40. The molecule has 5 rings (SSSR count). The number of benzene rings is 1. The van der Waals surface area contributed by atoms with Crippen molar-refractivity contribution in [1.29, 1.82) is 0 Å². The maximum absolute atomic E-state index is 13.7. The van der Waals surface area contributed by atoms with Crippen molar-refractivity contribution < 1.29 is 9.90 Å². The second-order valence-corrected chi connectivity index (χ2v) is 10.1. The number of aromatic nitrogens is 4. The molecule has 1 aliphatic carbocycles. The Hall–Kier alpha value is -2.03. The van der Waals surface area contributed by atoms with Crippen LogP contribution >= 0.6 is 22.9 Å². The van der Waals surface area contributed by atoms with Crippen LogP contribution in [0.2, 0.25) is 5.02 Å². The minimum atomic E-state index is -0.569. The number of aliphatic hydroxyl groups excluding tert-OH is 1. The molecule has 158 valence electrons. The van der Waals surface area contributed by atoms with Crippen LogP contribution < -0.4 is 0 Å². The van der Waals surface area contributed by atoms with Crippen LogP contribution in [0.25, 0.3) is 10.2 Å². The Balaban J connectivity index is 1.46. The summed E-state index contributed by atoms with van der Waals surface area (Å²) >= 11 is 7.65. The molecule has 3 heterocycles. The van der Waals surface area contributed by atoms with E-state index in [1.165, 1.54) is 11.3 Å². The molecule has 2 aliphatic rings. The van der Waals surface area contributed by atoms with Gasteiger partial charge < -0.3 is 10.0 Å². The summed E-state index contributed by atoms with van der Waals surface area (Å²) in [6.45, 7) is 4.33. The molecule has 7 nitrogen and oxygen atoms in total. The SMILES string of the molecule is CC(C)[C@@H](C(=O)N1C[C@H](O)C[C@H]1c1nc2ccc(Cl)cc2s1)n1cc(C2CC2)nn1. The first-order chi connectivity index (χ1) is 14.4. The highest BCUT2D eigenvalue weighted by Crippen LogP contribution is 2.41. The van der Waals surface area contributed by atoms with Crippen molar-refractivity contribution in [3.8, 4) is 0 Å². The predicted octanol–water partition coefficient (Wildman–Crippen LogP) is 3.95. The summed E-state index contributed by atoms with van der Waals surface area (Å²) < 4.78 is 2.69. The predicted molar refractivity (Wildman–Crippen MR) is 116 cm³/mol. The summed E-state index contributed by atoms with van der Waals surface area (Å²) in [5, 5.41) is 20.5. The van der Waals surface area contributed by atoms with Gasteiger partial charge in [0, 0.05) is 30.1 Å².